The first-order chi connectivity index (χ1) is 7.49. The standard InChI is InChI=1S/C13H16BrNO/c1-7(2)9-5-10-8(3)4-12(16)15-13(10)11(14)6-9/h5-8H,4H2,1-3H3,(H,15,16). The fourth-order valence-corrected chi connectivity index (χ4v) is 2.67. The van der Waals surface area contributed by atoms with Gasteiger partial charge in [-0.05, 0) is 45.0 Å². The first-order valence-corrected chi connectivity index (χ1v) is 6.41. The molecule has 16 heavy (non-hydrogen) atoms. The molecule has 0 aromatic heterocycles. The fourth-order valence-electron chi connectivity index (χ4n) is 2.08. The molecule has 1 aromatic rings. The molecule has 86 valence electrons. The smallest absolute Gasteiger partial charge is 0.225 e. The molecular weight excluding hydrogens is 266 g/mol. The average Bonchev–Trinajstić information content (AvgIpc) is 2.19. The molecule has 0 bridgehead atoms. The molecule has 1 aliphatic heterocycles. The van der Waals surface area contributed by atoms with Crippen LogP contribution in [0.1, 0.15) is 50.2 Å². The van der Waals surface area contributed by atoms with Gasteiger partial charge in [0.2, 0.25) is 5.91 Å². The number of carbonyl (C=O) groups is 1. The third-order valence-corrected chi connectivity index (χ3v) is 3.72. The van der Waals surface area contributed by atoms with Gasteiger partial charge in [0.25, 0.3) is 0 Å². The van der Waals surface area contributed by atoms with E-state index in [1.165, 1.54) is 11.1 Å². The highest BCUT2D eigenvalue weighted by Gasteiger charge is 2.24. The fraction of sp³-hybridized carbons (Fsp3) is 0.462. The van der Waals surface area contributed by atoms with Gasteiger partial charge in [-0.15, -0.1) is 0 Å². The van der Waals surface area contributed by atoms with Gasteiger partial charge in [-0.3, -0.25) is 4.79 Å². The van der Waals surface area contributed by atoms with Crippen molar-refractivity contribution >= 4 is 27.5 Å². The first kappa shape index (κ1) is 11.6. The zero-order valence-electron chi connectivity index (χ0n) is 9.80. The normalized spacial score (nSPS) is 19.6. The van der Waals surface area contributed by atoms with Crippen LogP contribution in [0, 0.1) is 0 Å². The molecule has 0 saturated heterocycles. The predicted octanol–water partition coefficient (Wildman–Crippen LogP) is 4.02. The Hall–Kier alpha value is -0.830. The molecule has 1 aliphatic rings. The average molecular weight is 282 g/mol. The summed E-state index contributed by atoms with van der Waals surface area (Å²) < 4.78 is 0.994. The van der Waals surface area contributed by atoms with E-state index in [0.29, 0.717) is 18.3 Å². The van der Waals surface area contributed by atoms with Crippen LogP contribution >= 0.6 is 15.9 Å². The number of hydrogen-bond acceptors (Lipinski definition) is 1. The minimum absolute atomic E-state index is 0.109. The zero-order valence-corrected chi connectivity index (χ0v) is 11.4. The molecule has 0 saturated carbocycles. The molecule has 1 unspecified atom stereocenters. The van der Waals surface area contributed by atoms with Gasteiger partial charge < -0.3 is 5.32 Å². The molecule has 1 amide bonds. The maximum Gasteiger partial charge on any atom is 0.225 e. The van der Waals surface area contributed by atoms with E-state index < -0.39 is 0 Å². The Morgan fingerprint density at radius 1 is 1.44 bits per heavy atom. The lowest BCUT2D eigenvalue weighted by atomic mass is 9.89. The summed E-state index contributed by atoms with van der Waals surface area (Å²) in [5.41, 5.74) is 3.51. The lowest BCUT2D eigenvalue weighted by molar-refractivity contribution is -0.116. The summed E-state index contributed by atoms with van der Waals surface area (Å²) in [6.07, 6.45) is 0.584. The number of rotatable bonds is 1. The number of hydrogen-bond donors (Lipinski definition) is 1. The number of fused-ring (bicyclic) bond motifs is 1. The minimum atomic E-state index is 0.109. The first-order valence-electron chi connectivity index (χ1n) is 5.62. The van der Waals surface area contributed by atoms with Gasteiger partial charge in [0.1, 0.15) is 0 Å². The van der Waals surface area contributed by atoms with E-state index in [4.69, 9.17) is 0 Å². The van der Waals surface area contributed by atoms with Crippen molar-refractivity contribution in [1.82, 2.24) is 0 Å². The number of amides is 1. The maximum absolute atomic E-state index is 11.5. The molecule has 1 N–H and O–H groups in total. The Morgan fingerprint density at radius 3 is 2.75 bits per heavy atom. The van der Waals surface area contributed by atoms with E-state index in [-0.39, 0.29) is 5.91 Å². The summed E-state index contributed by atoms with van der Waals surface area (Å²) in [5, 5.41) is 2.94. The van der Waals surface area contributed by atoms with E-state index in [9.17, 15) is 4.79 Å². The van der Waals surface area contributed by atoms with Crippen LogP contribution in [0.2, 0.25) is 0 Å². The van der Waals surface area contributed by atoms with Crippen molar-refractivity contribution in [3.8, 4) is 0 Å². The van der Waals surface area contributed by atoms with Crippen LogP contribution < -0.4 is 5.32 Å². The van der Waals surface area contributed by atoms with Crippen LogP contribution in [-0.4, -0.2) is 5.91 Å². The summed E-state index contributed by atoms with van der Waals surface area (Å²) in [6, 6.07) is 4.32. The van der Waals surface area contributed by atoms with E-state index >= 15 is 0 Å². The highest BCUT2D eigenvalue weighted by Crippen LogP contribution is 2.39. The topological polar surface area (TPSA) is 29.1 Å². The molecule has 2 nitrogen and oxygen atoms in total. The zero-order chi connectivity index (χ0) is 11.9. The van der Waals surface area contributed by atoms with E-state index in [0.717, 1.165) is 10.2 Å². The van der Waals surface area contributed by atoms with Crippen LogP contribution in [0.4, 0.5) is 5.69 Å². The summed E-state index contributed by atoms with van der Waals surface area (Å²) in [4.78, 5) is 11.5. The van der Waals surface area contributed by atoms with E-state index in [1.807, 2.05) is 0 Å². The summed E-state index contributed by atoms with van der Waals surface area (Å²) >= 11 is 3.54. The summed E-state index contributed by atoms with van der Waals surface area (Å²) in [7, 11) is 0. The second-order valence-corrected chi connectivity index (χ2v) is 5.63. The lowest BCUT2D eigenvalue weighted by Crippen LogP contribution is -2.22. The highest BCUT2D eigenvalue weighted by molar-refractivity contribution is 9.10. The van der Waals surface area contributed by atoms with Gasteiger partial charge >= 0.3 is 0 Å². The van der Waals surface area contributed by atoms with Gasteiger partial charge in [-0.1, -0.05) is 26.8 Å². The van der Waals surface area contributed by atoms with Crippen molar-refractivity contribution in [3.05, 3.63) is 27.7 Å². The second kappa shape index (κ2) is 4.21. The molecule has 0 radical (unpaired) electrons. The Labute approximate surface area is 105 Å². The van der Waals surface area contributed by atoms with Crippen LogP contribution in [0.3, 0.4) is 0 Å². The molecule has 0 aliphatic carbocycles. The molecule has 3 heteroatoms. The minimum Gasteiger partial charge on any atom is -0.325 e. The quantitative estimate of drug-likeness (QED) is 0.828. The van der Waals surface area contributed by atoms with Crippen LogP contribution in [0.25, 0.3) is 0 Å². The van der Waals surface area contributed by atoms with Crippen LogP contribution in [0.5, 0.6) is 0 Å². The lowest BCUT2D eigenvalue weighted by Gasteiger charge is -2.25. The van der Waals surface area contributed by atoms with E-state index in [2.05, 4.69) is 54.2 Å². The number of carbonyl (C=O) groups excluding carboxylic acids is 1. The summed E-state index contributed by atoms with van der Waals surface area (Å²) in [6.45, 7) is 6.47. The summed E-state index contributed by atoms with van der Waals surface area (Å²) in [5.74, 6) is 0.920. The SMILES string of the molecule is CC(C)c1cc(Br)c2c(c1)C(C)CC(=O)N2. The third-order valence-electron chi connectivity index (χ3n) is 3.10. The van der Waals surface area contributed by atoms with E-state index in [1.54, 1.807) is 0 Å². The van der Waals surface area contributed by atoms with Crippen molar-refractivity contribution < 1.29 is 4.79 Å². The second-order valence-electron chi connectivity index (χ2n) is 4.78. The van der Waals surface area contributed by atoms with Gasteiger partial charge in [0, 0.05) is 10.9 Å². The van der Waals surface area contributed by atoms with Crippen molar-refractivity contribution in [1.29, 1.82) is 0 Å². The Balaban J connectivity index is 2.54. The third kappa shape index (κ3) is 2.01. The van der Waals surface area contributed by atoms with Gasteiger partial charge in [0.15, 0.2) is 0 Å². The Bertz CT molecular complexity index is 440. The van der Waals surface area contributed by atoms with Crippen molar-refractivity contribution in [3.63, 3.8) is 0 Å². The largest absolute Gasteiger partial charge is 0.325 e. The van der Waals surface area contributed by atoms with Crippen LogP contribution in [-0.2, 0) is 4.79 Å². The van der Waals surface area contributed by atoms with Crippen molar-refractivity contribution in [2.24, 2.45) is 0 Å². The highest BCUT2D eigenvalue weighted by atomic mass is 79.9. The molecular formula is C13H16BrNO. The van der Waals surface area contributed by atoms with Gasteiger partial charge in [-0.25, -0.2) is 0 Å². The number of nitrogens with one attached hydrogen (secondary N) is 1. The van der Waals surface area contributed by atoms with Crippen molar-refractivity contribution in [2.45, 2.75) is 39.0 Å². The molecule has 1 atom stereocenters. The number of benzene rings is 1. The molecule has 1 aromatic carbocycles. The van der Waals surface area contributed by atoms with Gasteiger partial charge in [-0.2, -0.15) is 0 Å². The van der Waals surface area contributed by atoms with Gasteiger partial charge in [0.05, 0.1) is 5.69 Å². The number of halogens is 1. The number of anilines is 1. The maximum atomic E-state index is 11.5. The Kier molecular flexibility index (Phi) is 3.06. The predicted molar refractivity (Wildman–Crippen MR) is 69.9 cm³/mol. The molecule has 0 spiro atoms. The Morgan fingerprint density at radius 2 is 2.12 bits per heavy atom. The van der Waals surface area contributed by atoms with Crippen molar-refractivity contribution in [2.75, 3.05) is 5.32 Å². The monoisotopic (exact) mass is 281 g/mol. The van der Waals surface area contributed by atoms with Crippen LogP contribution in [0.15, 0.2) is 16.6 Å². The molecule has 0 fully saturated rings. The molecule has 2 rings (SSSR count). The molecule has 1 heterocycles.